The predicted octanol–water partition coefficient (Wildman–Crippen LogP) is 2.43. The second kappa shape index (κ2) is 4.91. The second-order valence-electron chi connectivity index (χ2n) is 3.54. The molecule has 0 unspecified atom stereocenters. The first kappa shape index (κ1) is 12.2. The summed E-state index contributed by atoms with van der Waals surface area (Å²) in [6, 6.07) is 4.74. The monoisotopic (exact) mass is 248 g/mol. The lowest BCUT2D eigenvalue weighted by atomic mass is 10.1. The molecular weight excluding hydrogens is 236 g/mol. The average molecular weight is 248 g/mol. The molecule has 5 heteroatoms. The zero-order valence-electron chi connectivity index (χ0n) is 10.1. The zero-order chi connectivity index (χ0) is 13.1. The molecular formula is C13H12O5. The third kappa shape index (κ3) is 1.95. The Morgan fingerprint density at radius 2 is 2.22 bits per heavy atom. The topological polar surface area (TPSA) is 65.7 Å². The van der Waals surface area contributed by atoms with Crippen LogP contribution in [0.5, 0.6) is 5.75 Å². The Bertz CT molecular complexity index is 597. The highest BCUT2D eigenvalue weighted by Gasteiger charge is 2.17. The molecule has 2 aromatic rings. The molecule has 0 amide bonds. The lowest BCUT2D eigenvalue weighted by Crippen LogP contribution is -2.02. The van der Waals surface area contributed by atoms with Gasteiger partial charge in [-0.05, 0) is 19.1 Å². The summed E-state index contributed by atoms with van der Waals surface area (Å²) in [7, 11) is 1.47. The van der Waals surface area contributed by atoms with E-state index in [1.165, 1.54) is 13.2 Å². The molecule has 0 spiro atoms. The third-order valence-electron chi connectivity index (χ3n) is 2.52. The molecule has 0 saturated carbocycles. The summed E-state index contributed by atoms with van der Waals surface area (Å²) >= 11 is 0. The van der Waals surface area contributed by atoms with Gasteiger partial charge >= 0.3 is 5.97 Å². The van der Waals surface area contributed by atoms with E-state index in [2.05, 4.69) is 0 Å². The minimum absolute atomic E-state index is 0.0724. The number of methoxy groups -OCH3 is 1. The van der Waals surface area contributed by atoms with Gasteiger partial charge in [-0.3, -0.25) is 4.79 Å². The summed E-state index contributed by atoms with van der Waals surface area (Å²) in [6.07, 6.45) is 0.672. The van der Waals surface area contributed by atoms with Crippen LogP contribution in [0.1, 0.15) is 27.8 Å². The molecule has 0 fully saturated rings. The number of esters is 1. The second-order valence-corrected chi connectivity index (χ2v) is 3.54. The largest absolute Gasteiger partial charge is 0.496 e. The van der Waals surface area contributed by atoms with Crippen LogP contribution >= 0.6 is 0 Å². The van der Waals surface area contributed by atoms with Crippen molar-refractivity contribution in [2.75, 3.05) is 13.7 Å². The lowest BCUT2D eigenvalue weighted by Gasteiger charge is -2.02. The predicted molar refractivity (Wildman–Crippen MR) is 64.1 cm³/mol. The third-order valence-corrected chi connectivity index (χ3v) is 2.52. The first-order chi connectivity index (χ1) is 8.71. The van der Waals surface area contributed by atoms with Crippen molar-refractivity contribution in [2.24, 2.45) is 0 Å². The van der Waals surface area contributed by atoms with Crippen molar-refractivity contribution in [1.29, 1.82) is 0 Å². The minimum Gasteiger partial charge on any atom is -0.496 e. The summed E-state index contributed by atoms with van der Waals surface area (Å²) < 4.78 is 15.2. The summed E-state index contributed by atoms with van der Waals surface area (Å²) in [6.45, 7) is 1.97. The summed E-state index contributed by atoms with van der Waals surface area (Å²) in [5.41, 5.74) is 0.801. The van der Waals surface area contributed by atoms with E-state index in [9.17, 15) is 9.59 Å². The first-order valence-corrected chi connectivity index (χ1v) is 5.44. The van der Waals surface area contributed by atoms with Gasteiger partial charge in [0.2, 0.25) is 5.76 Å². The maximum absolute atomic E-state index is 11.5. The van der Waals surface area contributed by atoms with Gasteiger partial charge in [-0.15, -0.1) is 0 Å². The van der Waals surface area contributed by atoms with Crippen LogP contribution in [-0.2, 0) is 4.74 Å². The standard InChI is InChI=1S/C13H12O5/c1-3-17-13(15)12-6-8-9(7-14)10(16-2)4-5-11(8)18-12/h4-7H,3H2,1-2H3. The quantitative estimate of drug-likeness (QED) is 0.614. The first-order valence-electron chi connectivity index (χ1n) is 5.44. The fourth-order valence-corrected chi connectivity index (χ4v) is 1.72. The maximum atomic E-state index is 11.5. The highest BCUT2D eigenvalue weighted by atomic mass is 16.5. The number of hydrogen-bond donors (Lipinski definition) is 0. The number of benzene rings is 1. The summed E-state index contributed by atoms with van der Waals surface area (Å²) in [5, 5.41) is 0.535. The Balaban J connectivity index is 2.57. The molecule has 0 aliphatic carbocycles. The number of aldehydes is 1. The van der Waals surface area contributed by atoms with Crippen molar-refractivity contribution >= 4 is 23.2 Å². The van der Waals surface area contributed by atoms with E-state index < -0.39 is 5.97 Å². The van der Waals surface area contributed by atoms with Crippen LogP contribution in [0, 0.1) is 0 Å². The van der Waals surface area contributed by atoms with Crippen LogP contribution in [-0.4, -0.2) is 26.0 Å². The highest BCUT2D eigenvalue weighted by Crippen LogP contribution is 2.29. The Kier molecular flexibility index (Phi) is 3.32. The molecule has 0 aliphatic rings. The molecule has 1 heterocycles. The highest BCUT2D eigenvalue weighted by molar-refractivity contribution is 6.02. The van der Waals surface area contributed by atoms with Gasteiger partial charge in [0.25, 0.3) is 0 Å². The van der Waals surface area contributed by atoms with Crippen LogP contribution in [0.15, 0.2) is 22.6 Å². The number of furan rings is 1. The molecule has 2 rings (SSSR count). The molecule has 0 saturated heterocycles. The molecule has 0 aliphatic heterocycles. The van der Waals surface area contributed by atoms with Gasteiger partial charge in [0.05, 0.1) is 19.3 Å². The van der Waals surface area contributed by atoms with E-state index in [0.717, 1.165) is 0 Å². The summed E-state index contributed by atoms with van der Waals surface area (Å²) in [5.74, 6) is -0.0403. The molecule has 0 atom stereocenters. The van der Waals surface area contributed by atoms with Gasteiger partial charge in [0, 0.05) is 11.5 Å². The molecule has 0 bridgehead atoms. The van der Waals surface area contributed by atoms with Crippen LogP contribution in [0.3, 0.4) is 0 Å². The molecule has 0 radical (unpaired) electrons. The van der Waals surface area contributed by atoms with E-state index in [0.29, 0.717) is 28.6 Å². The fourth-order valence-electron chi connectivity index (χ4n) is 1.72. The van der Waals surface area contributed by atoms with E-state index >= 15 is 0 Å². The van der Waals surface area contributed by atoms with Crippen LogP contribution in [0.4, 0.5) is 0 Å². The van der Waals surface area contributed by atoms with Crippen molar-refractivity contribution in [3.8, 4) is 5.75 Å². The molecule has 94 valence electrons. The Hall–Kier alpha value is -2.30. The van der Waals surface area contributed by atoms with Gasteiger partial charge < -0.3 is 13.9 Å². The van der Waals surface area contributed by atoms with Gasteiger partial charge in [0.15, 0.2) is 6.29 Å². The van der Waals surface area contributed by atoms with Gasteiger partial charge in [-0.25, -0.2) is 4.79 Å². The van der Waals surface area contributed by atoms with Crippen LogP contribution < -0.4 is 4.74 Å². The number of carbonyl (C=O) groups is 2. The average Bonchev–Trinajstić information content (AvgIpc) is 2.81. The zero-order valence-corrected chi connectivity index (χ0v) is 10.1. The lowest BCUT2D eigenvalue weighted by molar-refractivity contribution is 0.0492. The van der Waals surface area contributed by atoms with Crippen molar-refractivity contribution in [3.05, 3.63) is 29.5 Å². The van der Waals surface area contributed by atoms with Crippen molar-refractivity contribution < 1.29 is 23.5 Å². The van der Waals surface area contributed by atoms with E-state index in [1.807, 2.05) is 0 Å². The number of hydrogen-bond acceptors (Lipinski definition) is 5. The number of rotatable bonds is 4. The summed E-state index contributed by atoms with van der Waals surface area (Å²) in [4.78, 5) is 22.6. The smallest absolute Gasteiger partial charge is 0.374 e. The minimum atomic E-state index is -0.551. The van der Waals surface area contributed by atoms with E-state index in [4.69, 9.17) is 13.9 Å². The van der Waals surface area contributed by atoms with Crippen LogP contribution in [0.2, 0.25) is 0 Å². The van der Waals surface area contributed by atoms with Crippen molar-refractivity contribution in [2.45, 2.75) is 6.92 Å². The fraction of sp³-hybridized carbons (Fsp3) is 0.231. The SMILES string of the molecule is CCOC(=O)c1cc2c(C=O)c(OC)ccc2o1. The number of ether oxygens (including phenoxy) is 2. The maximum Gasteiger partial charge on any atom is 0.374 e. The molecule has 1 aromatic carbocycles. The molecule has 5 nitrogen and oxygen atoms in total. The van der Waals surface area contributed by atoms with E-state index in [1.54, 1.807) is 19.1 Å². The molecule has 18 heavy (non-hydrogen) atoms. The van der Waals surface area contributed by atoms with Gasteiger partial charge in [-0.2, -0.15) is 0 Å². The normalized spacial score (nSPS) is 10.3. The Labute approximate surface area is 103 Å². The van der Waals surface area contributed by atoms with Gasteiger partial charge in [0.1, 0.15) is 11.3 Å². The Morgan fingerprint density at radius 1 is 1.44 bits per heavy atom. The molecule has 0 N–H and O–H groups in total. The van der Waals surface area contributed by atoms with Crippen molar-refractivity contribution in [3.63, 3.8) is 0 Å². The number of fused-ring (bicyclic) bond motifs is 1. The number of carbonyl (C=O) groups excluding carboxylic acids is 2. The van der Waals surface area contributed by atoms with Crippen molar-refractivity contribution in [1.82, 2.24) is 0 Å². The van der Waals surface area contributed by atoms with E-state index in [-0.39, 0.29) is 12.4 Å². The molecule has 1 aromatic heterocycles. The van der Waals surface area contributed by atoms with Crippen LogP contribution in [0.25, 0.3) is 11.0 Å². The Morgan fingerprint density at radius 3 is 2.83 bits per heavy atom. The van der Waals surface area contributed by atoms with Gasteiger partial charge in [-0.1, -0.05) is 0 Å².